The molecule has 0 saturated heterocycles. The van der Waals surface area contributed by atoms with Crippen molar-refractivity contribution < 1.29 is 4.84 Å². The van der Waals surface area contributed by atoms with Crippen LogP contribution in [0.1, 0.15) is 33.6 Å². The molecule has 0 spiro atoms. The third kappa shape index (κ3) is 1.99. The van der Waals surface area contributed by atoms with Gasteiger partial charge in [0.05, 0.1) is 11.3 Å². The van der Waals surface area contributed by atoms with Crippen LogP contribution in [0.2, 0.25) is 0 Å². The van der Waals surface area contributed by atoms with Gasteiger partial charge in [-0.2, -0.15) is 0 Å². The number of oxime groups is 1. The predicted molar refractivity (Wildman–Crippen MR) is 75.7 cm³/mol. The summed E-state index contributed by atoms with van der Waals surface area (Å²) in [6, 6.07) is 0. The zero-order valence-electron chi connectivity index (χ0n) is 12.4. The molecular formula is C15H26N2O. The molecule has 0 heterocycles. The molecule has 2 aliphatic carbocycles. The third-order valence-corrected chi connectivity index (χ3v) is 5.29. The summed E-state index contributed by atoms with van der Waals surface area (Å²) >= 11 is 0. The quantitative estimate of drug-likeness (QED) is 0.435. The van der Waals surface area contributed by atoms with E-state index in [1.54, 1.807) is 6.08 Å². The number of hydrogen-bond acceptors (Lipinski definition) is 3. The maximum absolute atomic E-state index is 5.35. The molecule has 0 aromatic heterocycles. The van der Waals surface area contributed by atoms with Gasteiger partial charge in [-0.3, -0.25) is 4.90 Å². The summed E-state index contributed by atoms with van der Waals surface area (Å²) < 4.78 is 0. The molecule has 18 heavy (non-hydrogen) atoms. The second kappa shape index (κ2) is 4.37. The highest BCUT2D eigenvalue weighted by molar-refractivity contribution is 5.94. The van der Waals surface area contributed by atoms with Gasteiger partial charge in [-0.05, 0) is 51.1 Å². The van der Waals surface area contributed by atoms with Crippen molar-refractivity contribution in [1.82, 2.24) is 4.90 Å². The molecule has 0 radical (unpaired) electrons. The predicted octanol–water partition coefficient (Wildman–Crippen LogP) is 2.93. The lowest BCUT2D eigenvalue weighted by Gasteiger charge is -2.40. The standard InChI is InChI=1S/C15H26N2O/c1-7-8-18-16-13-9-11-12(14(11,2)3)10-15(13,4)17(5)6/h7,11-12H,1,8-10H2,2-6H3/b16-13-/t11-,12+,15+/m1/s1. The molecule has 3 heteroatoms. The Morgan fingerprint density at radius 3 is 2.61 bits per heavy atom. The second-order valence-electron chi connectivity index (χ2n) is 6.73. The Bertz CT molecular complexity index is 373. The van der Waals surface area contributed by atoms with Gasteiger partial charge < -0.3 is 4.84 Å². The minimum atomic E-state index is 0.0378. The summed E-state index contributed by atoms with van der Waals surface area (Å²) in [6.45, 7) is 11.2. The van der Waals surface area contributed by atoms with Crippen LogP contribution in [0.25, 0.3) is 0 Å². The van der Waals surface area contributed by atoms with Crippen LogP contribution in [-0.2, 0) is 4.84 Å². The highest BCUT2D eigenvalue weighted by atomic mass is 16.6. The molecule has 2 saturated carbocycles. The number of rotatable bonds is 4. The normalized spacial score (nSPS) is 39.6. The van der Waals surface area contributed by atoms with Crippen LogP contribution in [-0.4, -0.2) is 36.9 Å². The molecule has 2 fully saturated rings. The smallest absolute Gasteiger partial charge is 0.135 e. The highest BCUT2D eigenvalue weighted by Crippen LogP contribution is 2.66. The SMILES string of the molecule is C=CCO/N=C1/C[C@@H]2[C@H](C[C@]1(C)N(C)C)C2(C)C. The first-order chi connectivity index (χ1) is 8.34. The first-order valence-corrected chi connectivity index (χ1v) is 6.81. The minimum absolute atomic E-state index is 0.0378. The molecule has 0 aromatic carbocycles. The summed E-state index contributed by atoms with van der Waals surface area (Å²) in [5.41, 5.74) is 1.71. The van der Waals surface area contributed by atoms with Gasteiger partial charge in [-0.25, -0.2) is 0 Å². The van der Waals surface area contributed by atoms with Crippen LogP contribution in [0.15, 0.2) is 17.8 Å². The summed E-state index contributed by atoms with van der Waals surface area (Å²) in [6.07, 6.45) is 4.00. The van der Waals surface area contributed by atoms with E-state index < -0.39 is 0 Å². The van der Waals surface area contributed by atoms with E-state index in [9.17, 15) is 0 Å². The Morgan fingerprint density at radius 2 is 2.06 bits per heavy atom. The molecule has 0 bridgehead atoms. The van der Waals surface area contributed by atoms with Crippen molar-refractivity contribution in [2.24, 2.45) is 22.4 Å². The Kier molecular flexibility index (Phi) is 3.30. The maximum atomic E-state index is 5.35. The fourth-order valence-corrected chi connectivity index (χ4v) is 3.39. The van der Waals surface area contributed by atoms with Gasteiger partial charge in [0, 0.05) is 0 Å². The van der Waals surface area contributed by atoms with Crippen molar-refractivity contribution in [3.63, 3.8) is 0 Å². The molecule has 3 atom stereocenters. The Hall–Kier alpha value is -0.830. The lowest BCUT2D eigenvalue weighted by molar-refractivity contribution is 0.153. The first-order valence-electron chi connectivity index (χ1n) is 6.81. The zero-order chi connectivity index (χ0) is 13.6. The van der Waals surface area contributed by atoms with Gasteiger partial charge in [0.25, 0.3) is 0 Å². The number of hydrogen-bond donors (Lipinski definition) is 0. The largest absolute Gasteiger partial charge is 0.392 e. The molecular weight excluding hydrogens is 224 g/mol. The number of nitrogens with zero attached hydrogens (tertiary/aromatic N) is 2. The average Bonchev–Trinajstić information content (AvgIpc) is 2.80. The van der Waals surface area contributed by atoms with Crippen molar-refractivity contribution in [2.75, 3.05) is 20.7 Å². The van der Waals surface area contributed by atoms with Crippen molar-refractivity contribution in [3.05, 3.63) is 12.7 Å². The van der Waals surface area contributed by atoms with E-state index in [1.807, 2.05) is 0 Å². The van der Waals surface area contributed by atoms with E-state index in [2.05, 4.69) is 51.5 Å². The number of fused-ring (bicyclic) bond motifs is 1. The van der Waals surface area contributed by atoms with Crippen molar-refractivity contribution in [3.8, 4) is 0 Å². The highest BCUT2D eigenvalue weighted by Gasteiger charge is 2.63. The molecule has 0 N–H and O–H groups in total. The van der Waals surface area contributed by atoms with Gasteiger partial charge in [0.2, 0.25) is 0 Å². The second-order valence-corrected chi connectivity index (χ2v) is 6.73. The summed E-state index contributed by atoms with van der Waals surface area (Å²) in [4.78, 5) is 7.63. The van der Waals surface area contributed by atoms with Gasteiger partial charge >= 0.3 is 0 Å². The maximum Gasteiger partial charge on any atom is 0.135 e. The van der Waals surface area contributed by atoms with E-state index in [-0.39, 0.29) is 5.54 Å². The van der Waals surface area contributed by atoms with E-state index in [1.165, 1.54) is 12.1 Å². The van der Waals surface area contributed by atoms with E-state index in [0.717, 1.165) is 18.3 Å². The van der Waals surface area contributed by atoms with Crippen molar-refractivity contribution >= 4 is 5.71 Å². The van der Waals surface area contributed by atoms with Crippen LogP contribution in [0.5, 0.6) is 0 Å². The lowest BCUT2D eigenvalue weighted by atomic mass is 9.80. The molecule has 102 valence electrons. The molecule has 0 amide bonds. The van der Waals surface area contributed by atoms with Crippen molar-refractivity contribution in [2.45, 2.75) is 39.2 Å². The molecule has 0 aromatic rings. The fourth-order valence-electron chi connectivity index (χ4n) is 3.39. The monoisotopic (exact) mass is 250 g/mol. The summed E-state index contributed by atoms with van der Waals surface area (Å²) in [5.74, 6) is 1.62. The average molecular weight is 250 g/mol. The van der Waals surface area contributed by atoms with Crippen LogP contribution in [0.4, 0.5) is 0 Å². The van der Waals surface area contributed by atoms with Crippen LogP contribution < -0.4 is 0 Å². The molecule has 2 aliphatic rings. The van der Waals surface area contributed by atoms with Crippen LogP contribution in [0.3, 0.4) is 0 Å². The minimum Gasteiger partial charge on any atom is -0.392 e. The van der Waals surface area contributed by atoms with Gasteiger partial charge in [0.1, 0.15) is 6.61 Å². The molecule has 0 aliphatic heterocycles. The summed E-state index contributed by atoms with van der Waals surface area (Å²) in [5, 5.41) is 4.39. The van der Waals surface area contributed by atoms with Crippen LogP contribution in [0, 0.1) is 17.3 Å². The van der Waals surface area contributed by atoms with E-state index in [4.69, 9.17) is 4.84 Å². The van der Waals surface area contributed by atoms with Crippen molar-refractivity contribution in [1.29, 1.82) is 0 Å². The Morgan fingerprint density at radius 1 is 1.39 bits per heavy atom. The molecule has 3 nitrogen and oxygen atoms in total. The van der Waals surface area contributed by atoms with Crippen LogP contribution >= 0.6 is 0 Å². The third-order valence-electron chi connectivity index (χ3n) is 5.29. The Labute approximate surface area is 111 Å². The first kappa shape index (κ1) is 13.6. The zero-order valence-corrected chi connectivity index (χ0v) is 12.4. The summed E-state index contributed by atoms with van der Waals surface area (Å²) in [7, 11) is 4.28. The fraction of sp³-hybridized carbons (Fsp3) is 0.800. The topological polar surface area (TPSA) is 24.8 Å². The lowest BCUT2D eigenvalue weighted by Crippen LogP contribution is -2.51. The molecule has 0 unspecified atom stereocenters. The Balaban J connectivity index is 2.19. The van der Waals surface area contributed by atoms with Gasteiger partial charge in [-0.1, -0.05) is 31.7 Å². The van der Waals surface area contributed by atoms with E-state index >= 15 is 0 Å². The van der Waals surface area contributed by atoms with Gasteiger partial charge in [-0.15, -0.1) is 0 Å². The van der Waals surface area contributed by atoms with E-state index in [0.29, 0.717) is 12.0 Å². The van der Waals surface area contributed by atoms with Gasteiger partial charge in [0.15, 0.2) is 0 Å². The molecule has 2 rings (SSSR count).